The highest BCUT2D eigenvalue weighted by Crippen LogP contribution is 2.37. The first-order chi connectivity index (χ1) is 16.6. The van der Waals surface area contributed by atoms with Crippen LogP contribution in [-0.4, -0.2) is 67.3 Å². The van der Waals surface area contributed by atoms with Crippen LogP contribution in [0, 0.1) is 0 Å². The molecule has 3 aromatic rings. The first-order valence-electron chi connectivity index (χ1n) is 12.9. The van der Waals surface area contributed by atoms with E-state index in [0.717, 1.165) is 75.9 Å². The Hall–Kier alpha value is -2.64. The topological polar surface area (TPSA) is 63.0 Å². The zero-order chi connectivity index (χ0) is 23.7. The van der Waals surface area contributed by atoms with E-state index in [9.17, 15) is 0 Å². The van der Waals surface area contributed by atoms with Gasteiger partial charge in [0.05, 0.1) is 23.5 Å². The number of pyridine rings is 1. The van der Waals surface area contributed by atoms with E-state index in [1.807, 2.05) is 12.4 Å². The van der Waals surface area contributed by atoms with Gasteiger partial charge < -0.3 is 4.90 Å². The van der Waals surface area contributed by atoms with E-state index in [4.69, 9.17) is 20.1 Å². The molecule has 0 bridgehead atoms. The largest absolute Gasteiger partial charge is 0.301 e. The number of likely N-dealkylation sites (N-methyl/N-ethyl adjacent to an activating group) is 1. The van der Waals surface area contributed by atoms with Gasteiger partial charge in [-0.25, -0.2) is 9.97 Å². The van der Waals surface area contributed by atoms with Gasteiger partial charge in [0.1, 0.15) is 5.82 Å². The summed E-state index contributed by atoms with van der Waals surface area (Å²) >= 11 is 0. The molecule has 0 aromatic carbocycles. The maximum atomic E-state index is 5.05. The Kier molecular flexibility index (Phi) is 6.75. The monoisotopic (exact) mass is 459 g/mol. The fraction of sp³-hybridized carbons (Fsp3) is 0.556. The third-order valence-electron chi connectivity index (χ3n) is 7.24. The summed E-state index contributed by atoms with van der Waals surface area (Å²) in [6.45, 7) is 16.5. The molecule has 1 saturated heterocycles. The van der Waals surface area contributed by atoms with Gasteiger partial charge in [0.15, 0.2) is 0 Å². The minimum Gasteiger partial charge on any atom is -0.301 e. The Labute approximate surface area is 203 Å². The number of aromatic nitrogens is 5. The predicted octanol–water partition coefficient (Wildman–Crippen LogP) is 3.71. The molecule has 4 heterocycles. The van der Waals surface area contributed by atoms with Crippen LogP contribution in [0.5, 0.6) is 0 Å². The average molecular weight is 460 g/mol. The first kappa shape index (κ1) is 23.1. The molecule has 1 aliphatic carbocycles. The number of rotatable bonds is 7. The number of hydrogen-bond acceptors (Lipinski definition) is 6. The summed E-state index contributed by atoms with van der Waals surface area (Å²) < 4.78 is 2.16. The molecule has 34 heavy (non-hydrogen) atoms. The summed E-state index contributed by atoms with van der Waals surface area (Å²) in [5, 5.41) is 4.91. The van der Waals surface area contributed by atoms with Crippen molar-refractivity contribution >= 4 is 0 Å². The van der Waals surface area contributed by atoms with Crippen molar-refractivity contribution in [2.45, 2.75) is 66.0 Å². The Morgan fingerprint density at radius 2 is 1.71 bits per heavy atom. The SMILES string of the molecule is CCN1CCN(Cc2ccc(Cc3ncc4c(n3)-c3c(nn(CC)c3C(C)C)CC4)nc2)CC1. The molecule has 1 fully saturated rings. The van der Waals surface area contributed by atoms with Crippen LogP contribution < -0.4 is 0 Å². The molecule has 5 rings (SSSR count). The minimum atomic E-state index is 0.403. The lowest BCUT2D eigenvalue weighted by atomic mass is 9.90. The second kappa shape index (κ2) is 9.92. The number of hydrogen-bond donors (Lipinski definition) is 0. The Bertz CT molecular complexity index is 1120. The number of piperazine rings is 1. The van der Waals surface area contributed by atoms with Crippen molar-refractivity contribution in [3.8, 4) is 11.3 Å². The Morgan fingerprint density at radius 3 is 2.38 bits per heavy atom. The zero-order valence-corrected chi connectivity index (χ0v) is 21.1. The predicted molar refractivity (Wildman–Crippen MR) is 135 cm³/mol. The molecule has 0 unspecified atom stereocenters. The maximum Gasteiger partial charge on any atom is 0.134 e. The van der Waals surface area contributed by atoms with E-state index >= 15 is 0 Å². The fourth-order valence-corrected chi connectivity index (χ4v) is 5.31. The number of aryl methyl sites for hydroxylation is 3. The quantitative estimate of drug-likeness (QED) is 0.537. The Morgan fingerprint density at radius 1 is 0.912 bits per heavy atom. The van der Waals surface area contributed by atoms with Crippen molar-refractivity contribution in [2.75, 3.05) is 32.7 Å². The summed E-state index contributed by atoms with van der Waals surface area (Å²) in [7, 11) is 0. The van der Waals surface area contributed by atoms with Crippen molar-refractivity contribution in [1.29, 1.82) is 0 Å². The van der Waals surface area contributed by atoms with Gasteiger partial charge in [0, 0.05) is 62.9 Å². The van der Waals surface area contributed by atoms with Crippen LogP contribution in [0.1, 0.15) is 67.6 Å². The van der Waals surface area contributed by atoms with Gasteiger partial charge in [-0.15, -0.1) is 0 Å². The molecule has 2 aliphatic rings. The van der Waals surface area contributed by atoms with E-state index in [2.05, 4.69) is 54.3 Å². The van der Waals surface area contributed by atoms with Crippen LogP contribution >= 0.6 is 0 Å². The molecule has 0 radical (unpaired) electrons. The van der Waals surface area contributed by atoms with E-state index < -0.39 is 0 Å². The van der Waals surface area contributed by atoms with E-state index in [-0.39, 0.29) is 0 Å². The van der Waals surface area contributed by atoms with Crippen molar-refractivity contribution in [1.82, 2.24) is 34.5 Å². The van der Waals surface area contributed by atoms with E-state index in [1.54, 1.807) is 0 Å². The van der Waals surface area contributed by atoms with Gasteiger partial charge >= 0.3 is 0 Å². The molecule has 180 valence electrons. The summed E-state index contributed by atoms with van der Waals surface area (Å²) in [6, 6.07) is 4.35. The van der Waals surface area contributed by atoms with Gasteiger partial charge in [-0.3, -0.25) is 14.6 Å². The normalized spacial score (nSPS) is 16.6. The fourth-order valence-electron chi connectivity index (χ4n) is 5.31. The highest BCUT2D eigenvalue weighted by atomic mass is 15.3. The third kappa shape index (κ3) is 4.64. The zero-order valence-electron chi connectivity index (χ0n) is 21.1. The average Bonchev–Trinajstić information content (AvgIpc) is 3.25. The van der Waals surface area contributed by atoms with Crippen molar-refractivity contribution in [3.05, 3.63) is 58.6 Å². The summed E-state index contributed by atoms with van der Waals surface area (Å²) in [5.41, 5.74) is 8.34. The maximum absolute atomic E-state index is 5.05. The van der Waals surface area contributed by atoms with E-state index in [0.29, 0.717) is 12.3 Å². The number of fused-ring (bicyclic) bond motifs is 3. The molecular formula is C27H37N7. The molecule has 7 heteroatoms. The van der Waals surface area contributed by atoms with Crippen LogP contribution in [0.4, 0.5) is 0 Å². The third-order valence-corrected chi connectivity index (χ3v) is 7.24. The highest BCUT2D eigenvalue weighted by Gasteiger charge is 2.28. The highest BCUT2D eigenvalue weighted by molar-refractivity contribution is 5.71. The lowest BCUT2D eigenvalue weighted by Crippen LogP contribution is -2.45. The number of nitrogens with zero attached hydrogens (tertiary/aromatic N) is 7. The van der Waals surface area contributed by atoms with Crippen LogP contribution in [0.15, 0.2) is 24.5 Å². The van der Waals surface area contributed by atoms with Gasteiger partial charge in [-0.1, -0.05) is 26.8 Å². The lowest BCUT2D eigenvalue weighted by molar-refractivity contribution is 0.132. The summed E-state index contributed by atoms with van der Waals surface area (Å²) in [5.74, 6) is 1.24. The molecule has 0 amide bonds. The van der Waals surface area contributed by atoms with Crippen LogP contribution in [-0.2, 0) is 32.4 Å². The Balaban J connectivity index is 1.32. The molecule has 3 aromatic heterocycles. The van der Waals surface area contributed by atoms with Gasteiger partial charge in [0.25, 0.3) is 0 Å². The van der Waals surface area contributed by atoms with Crippen LogP contribution in [0.2, 0.25) is 0 Å². The standard InChI is InChI=1S/C27H37N7/c1-5-32-11-13-33(14-12-32)18-20-7-9-22(28-16-20)15-24-29-17-21-8-10-23-25(26(21)30-24)27(19(3)4)34(6-2)31-23/h7,9,16-17,19H,5-6,8,10-15,18H2,1-4H3. The van der Waals surface area contributed by atoms with Gasteiger partial charge in [-0.05, 0) is 49.4 Å². The smallest absolute Gasteiger partial charge is 0.134 e. The molecule has 0 atom stereocenters. The molecule has 7 nitrogen and oxygen atoms in total. The van der Waals surface area contributed by atoms with Crippen molar-refractivity contribution in [3.63, 3.8) is 0 Å². The van der Waals surface area contributed by atoms with Crippen molar-refractivity contribution < 1.29 is 0 Å². The first-order valence-corrected chi connectivity index (χ1v) is 12.9. The molecule has 0 saturated carbocycles. The second-order valence-electron chi connectivity index (χ2n) is 9.88. The summed E-state index contributed by atoms with van der Waals surface area (Å²) in [4.78, 5) is 19.5. The van der Waals surface area contributed by atoms with Crippen LogP contribution in [0.25, 0.3) is 11.3 Å². The molecule has 1 aliphatic heterocycles. The van der Waals surface area contributed by atoms with Gasteiger partial charge in [-0.2, -0.15) is 5.10 Å². The lowest BCUT2D eigenvalue weighted by Gasteiger charge is -2.33. The van der Waals surface area contributed by atoms with Crippen LogP contribution in [0.3, 0.4) is 0 Å². The molecule has 0 spiro atoms. The summed E-state index contributed by atoms with van der Waals surface area (Å²) in [6.07, 6.45) is 6.63. The van der Waals surface area contributed by atoms with Crippen molar-refractivity contribution in [2.24, 2.45) is 0 Å². The minimum absolute atomic E-state index is 0.403. The molecular weight excluding hydrogens is 422 g/mol. The molecule has 0 N–H and O–H groups in total. The second-order valence-corrected chi connectivity index (χ2v) is 9.88. The van der Waals surface area contributed by atoms with Gasteiger partial charge in [0.2, 0.25) is 0 Å². The van der Waals surface area contributed by atoms with E-state index in [1.165, 1.54) is 28.1 Å².